The first-order valence-electron chi connectivity index (χ1n) is 10.1. The molecule has 0 bridgehead atoms. The Morgan fingerprint density at radius 3 is 2.67 bits per heavy atom. The van der Waals surface area contributed by atoms with Crippen LogP contribution in [-0.2, 0) is 14.9 Å². The molecule has 0 aliphatic carbocycles. The second-order valence-corrected chi connectivity index (χ2v) is 7.31. The minimum absolute atomic E-state index is 0.0616. The van der Waals surface area contributed by atoms with Gasteiger partial charge in [0.25, 0.3) is 0 Å². The van der Waals surface area contributed by atoms with Crippen molar-refractivity contribution < 1.29 is 9.47 Å². The molecule has 0 saturated carbocycles. The smallest absolute Gasteiger partial charge is 0.191 e. The molecule has 1 saturated heterocycles. The minimum atomic E-state index is -0.0616. The zero-order valence-electron chi connectivity index (χ0n) is 16.7. The van der Waals surface area contributed by atoms with Gasteiger partial charge in [0.05, 0.1) is 6.54 Å². The highest BCUT2D eigenvalue weighted by atomic mass is 35.5. The molecule has 0 radical (unpaired) electrons. The number of halogens is 1. The Kier molecular flexibility index (Phi) is 9.95. The second kappa shape index (κ2) is 12.2. The third-order valence-corrected chi connectivity index (χ3v) is 5.32. The zero-order valence-corrected chi connectivity index (χ0v) is 17.5. The molecule has 0 unspecified atom stereocenters. The van der Waals surface area contributed by atoms with E-state index in [2.05, 4.69) is 29.7 Å². The molecule has 0 aromatic heterocycles. The quantitative estimate of drug-likeness (QED) is 0.360. The van der Waals surface area contributed by atoms with Gasteiger partial charge in [0.15, 0.2) is 5.96 Å². The maximum absolute atomic E-state index is 6.54. The highest BCUT2D eigenvalue weighted by Gasteiger charge is 2.36. The molecule has 1 aliphatic rings. The zero-order chi connectivity index (χ0) is 19.4. The van der Waals surface area contributed by atoms with E-state index in [1.807, 2.05) is 19.1 Å². The molecule has 1 fully saturated rings. The number of benzene rings is 1. The molecule has 0 atom stereocenters. The molecule has 1 aromatic carbocycles. The largest absolute Gasteiger partial charge is 0.382 e. The highest BCUT2D eigenvalue weighted by molar-refractivity contribution is 6.31. The Bertz CT molecular complexity index is 574. The first-order chi connectivity index (χ1) is 13.2. The summed E-state index contributed by atoms with van der Waals surface area (Å²) in [5.74, 6) is 0.867. The van der Waals surface area contributed by atoms with E-state index in [-0.39, 0.29) is 5.41 Å². The number of rotatable bonds is 10. The van der Waals surface area contributed by atoms with Gasteiger partial charge in [-0.05, 0) is 51.2 Å². The summed E-state index contributed by atoms with van der Waals surface area (Å²) >= 11 is 6.54. The SMILES string of the molecule is CCNC(=NCC1(c2ccccc2Cl)CCOCC1)NCCCCOCC. The lowest BCUT2D eigenvalue weighted by Crippen LogP contribution is -2.41. The highest BCUT2D eigenvalue weighted by Crippen LogP contribution is 2.38. The van der Waals surface area contributed by atoms with Crippen molar-refractivity contribution in [1.29, 1.82) is 0 Å². The molecule has 2 N–H and O–H groups in total. The standard InChI is InChI=1S/C21H34ClN3O2/c1-3-23-20(24-13-7-8-14-26-4-2)25-17-21(11-15-27-16-12-21)18-9-5-6-10-19(18)22/h5-6,9-10H,3-4,7-8,11-17H2,1-2H3,(H2,23,24,25). The van der Waals surface area contributed by atoms with Crippen molar-refractivity contribution in [2.75, 3.05) is 46.1 Å². The normalized spacial score (nSPS) is 16.9. The number of aliphatic imine (C=N–C) groups is 1. The topological polar surface area (TPSA) is 54.9 Å². The summed E-state index contributed by atoms with van der Waals surface area (Å²) in [5.41, 5.74) is 1.12. The lowest BCUT2D eigenvalue weighted by molar-refractivity contribution is 0.0531. The summed E-state index contributed by atoms with van der Waals surface area (Å²) in [6.07, 6.45) is 4.00. The first kappa shape index (κ1) is 22.0. The Labute approximate surface area is 168 Å². The van der Waals surface area contributed by atoms with Crippen molar-refractivity contribution in [1.82, 2.24) is 10.6 Å². The Hall–Kier alpha value is -1.30. The maximum Gasteiger partial charge on any atom is 0.191 e. The van der Waals surface area contributed by atoms with Crippen LogP contribution in [0.4, 0.5) is 0 Å². The summed E-state index contributed by atoms with van der Waals surface area (Å²) in [5, 5.41) is 7.61. The van der Waals surface area contributed by atoms with Gasteiger partial charge in [0, 0.05) is 50.0 Å². The van der Waals surface area contributed by atoms with E-state index in [1.165, 1.54) is 5.56 Å². The summed E-state index contributed by atoms with van der Waals surface area (Å²) < 4.78 is 11.0. The van der Waals surface area contributed by atoms with E-state index in [0.717, 1.165) is 76.2 Å². The number of hydrogen-bond donors (Lipinski definition) is 2. The van der Waals surface area contributed by atoms with Crippen LogP contribution in [0.1, 0.15) is 45.1 Å². The lowest BCUT2D eigenvalue weighted by atomic mass is 9.74. The number of ether oxygens (including phenoxy) is 2. The van der Waals surface area contributed by atoms with Crippen LogP contribution in [0.2, 0.25) is 5.02 Å². The average Bonchev–Trinajstić information content (AvgIpc) is 2.69. The maximum atomic E-state index is 6.54. The fraction of sp³-hybridized carbons (Fsp3) is 0.667. The van der Waals surface area contributed by atoms with E-state index in [1.54, 1.807) is 0 Å². The van der Waals surface area contributed by atoms with Crippen LogP contribution in [0, 0.1) is 0 Å². The van der Waals surface area contributed by atoms with Crippen LogP contribution in [0.5, 0.6) is 0 Å². The minimum Gasteiger partial charge on any atom is -0.382 e. The van der Waals surface area contributed by atoms with Gasteiger partial charge in [-0.25, -0.2) is 0 Å². The van der Waals surface area contributed by atoms with Crippen molar-refractivity contribution in [3.63, 3.8) is 0 Å². The van der Waals surface area contributed by atoms with Gasteiger partial charge in [0.1, 0.15) is 0 Å². The molecular weight excluding hydrogens is 362 g/mol. The second-order valence-electron chi connectivity index (χ2n) is 6.90. The molecule has 27 heavy (non-hydrogen) atoms. The number of nitrogens with one attached hydrogen (secondary N) is 2. The number of guanidine groups is 1. The Morgan fingerprint density at radius 1 is 1.19 bits per heavy atom. The fourth-order valence-electron chi connectivity index (χ4n) is 3.42. The molecule has 0 spiro atoms. The summed E-state index contributed by atoms with van der Waals surface area (Å²) in [7, 11) is 0. The number of unbranched alkanes of at least 4 members (excludes halogenated alkanes) is 1. The molecule has 2 rings (SSSR count). The fourth-order valence-corrected chi connectivity index (χ4v) is 3.75. The number of hydrogen-bond acceptors (Lipinski definition) is 3. The van der Waals surface area contributed by atoms with Crippen molar-refractivity contribution in [2.24, 2.45) is 4.99 Å². The van der Waals surface area contributed by atoms with Crippen LogP contribution in [0.15, 0.2) is 29.3 Å². The average molecular weight is 396 g/mol. The van der Waals surface area contributed by atoms with Crippen molar-refractivity contribution in [3.8, 4) is 0 Å². The Balaban J connectivity index is 2.02. The van der Waals surface area contributed by atoms with Gasteiger partial charge < -0.3 is 20.1 Å². The lowest BCUT2D eigenvalue weighted by Gasteiger charge is -2.37. The van der Waals surface area contributed by atoms with E-state index < -0.39 is 0 Å². The van der Waals surface area contributed by atoms with Gasteiger partial charge in [-0.2, -0.15) is 0 Å². The third-order valence-electron chi connectivity index (χ3n) is 4.99. The predicted molar refractivity (Wildman–Crippen MR) is 113 cm³/mol. The van der Waals surface area contributed by atoms with E-state index in [9.17, 15) is 0 Å². The molecule has 0 amide bonds. The molecule has 6 heteroatoms. The molecular formula is C21H34ClN3O2. The van der Waals surface area contributed by atoms with Crippen LogP contribution in [0.25, 0.3) is 0 Å². The third kappa shape index (κ3) is 6.98. The first-order valence-corrected chi connectivity index (χ1v) is 10.5. The van der Waals surface area contributed by atoms with Crippen LogP contribution < -0.4 is 10.6 Å². The van der Waals surface area contributed by atoms with Gasteiger partial charge in [0.2, 0.25) is 0 Å². The van der Waals surface area contributed by atoms with Gasteiger partial charge in [-0.1, -0.05) is 29.8 Å². The van der Waals surface area contributed by atoms with E-state index in [0.29, 0.717) is 6.54 Å². The van der Waals surface area contributed by atoms with Crippen LogP contribution in [0.3, 0.4) is 0 Å². The molecule has 1 heterocycles. The monoisotopic (exact) mass is 395 g/mol. The Morgan fingerprint density at radius 2 is 1.96 bits per heavy atom. The van der Waals surface area contributed by atoms with Crippen LogP contribution >= 0.6 is 11.6 Å². The number of nitrogens with zero attached hydrogens (tertiary/aromatic N) is 1. The van der Waals surface area contributed by atoms with Gasteiger partial charge in [-0.3, -0.25) is 4.99 Å². The van der Waals surface area contributed by atoms with Crippen molar-refractivity contribution >= 4 is 17.6 Å². The molecule has 1 aromatic rings. The summed E-state index contributed by atoms with van der Waals surface area (Å²) in [4.78, 5) is 4.91. The van der Waals surface area contributed by atoms with E-state index >= 15 is 0 Å². The van der Waals surface area contributed by atoms with Gasteiger partial charge in [-0.15, -0.1) is 0 Å². The predicted octanol–water partition coefficient (Wildman–Crippen LogP) is 3.76. The van der Waals surface area contributed by atoms with Crippen molar-refractivity contribution in [3.05, 3.63) is 34.9 Å². The molecule has 5 nitrogen and oxygen atoms in total. The van der Waals surface area contributed by atoms with E-state index in [4.69, 9.17) is 26.1 Å². The summed E-state index contributed by atoms with van der Waals surface area (Å²) in [6.45, 7) is 9.66. The summed E-state index contributed by atoms with van der Waals surface area (Å²) in [6, 6.07) is 8.15. The molecule has 152 valence electrons. The molecule has 1 aliphatic heterocycles. The van der Waals surface area contributed by atoms with Crippen molar-refractivity contribution in [2.45, 2.75) is 44.9 Å². The van der Waals surface area contributed by atoms with Gasteiger partial charge >= 0.3 is 0 Å². The van der Waals surface area contributed by atoms with Crippen LogP contribution in [-0.4, -0.2) is 52.0 Å².